The van der Waals surface area contributed by atoms with Gasteiger partial charge in [0.15, 0.2) is 11.0 Å². The first-order valence-corrected chi connectivity index (χ1v) is 7.28. The first-order valence-electron chi connectivity index (χ1n) is 6.05. The summed E-state index contributed by atoms with van der Waals surface area (Å²) >= 11 is 1.45. The molecule has 6 heteroatoms. The summed E-state index contributed by atoms with van der Waals surface area (Å²) in [5, 5.41) is 4.98. The van der Waals surface area contributed by atoms with Crippen molar-refractivity contribution in [1.29, 1.82) is 0 Å². The number of nitrogens with zero attached hydrogens (tertiary/aromatic N) is 4. The number of benzene rings is 1. The Morgan fingerprint density at radius 3 is 2.65 bits per heavy atom. The lowest BCUT2D eigenvalue weighted by molar-refractivity contribution is 0.810. The molecule has 0 unspecified atom stereocenters. The fourth-order valence-corrected chi connectivity index (χ4v) is 2.25. The van der Waals surface area contributed by atoms with Gasteiger partial charge in [0.25, 0.3) is 0 Å². The minimum atomic E-state index is 0.441. The van der Waals surface area contributed by atoms with Crippen molar-refractivity contribution in [3.05, 3.63) is 48.8 Å². The van der Waals surface area contributed by atoms with E-state index >= 15 is 0 Å². The largest absolute Gasteiger partial charge is 0.383 e. The maximum atomic E-state index is 5.78. The standard InChI is InChI=1S/C14H13N5S/c1-20-14-17-12(15)7-13(18-14)19-9-11(8-16-19)10-5-3-2-4-6-10/h2-9H,1H3,(H2,15,17,18). The second kappa shape index (κ2) is 5.34. The molecule has 3 rings (SSSR count). The van der Waals surface area contributed by atoms with Gasteiger partial charge in [-0.2, -0.15) is 5.10 Å². The first-order chi connectivity index (χ1) is 9.76. The van der Waals surface area contributed by atoms with Gasteiger partial charge in [0.05, 0.1) is 6.20 Å². The van der Waals surface area contributed by atoms with E-state index in [2.05, 4.69) is 15.1 Å². The van der Waals surface area contributed by atoms with E-state index < -0.39 is 0 Å². The van der Waals surface area contributed by atoms with Crippen LogP contribution in [0.4, 0.5) is 5.82 Å². The molecule has 0 fully saturated rings. The number of anilines is 1. The lowest BCUT2D eigenvalue weighted by atomic mass is 10.1. The van der Waals surface area contributed by atoms with Gasteiger partial charge in [-0.1, -0.05) is 42.1 Å². The van der Waals surface area contributed by atoms with E-state index in [4.69, 9.17) is 5.73 Å². The van der Waals surface area contributed by atoms with E-state index in [9.17, 15) is 0 Å². The quantitative estimate of drug-likeness (QED) is 0.591. The van der Waals surface area contributed by atoms with Crippen LogP contribution in [0.5, 0.6) is 0 Å². The summed E-state index contributed by atoms with van der Waals surface area (Å²) in [6, 6.07) is 11.8. The maximum absolute atomic E-state index is 5.78. The van der Waals surface area contributed by atoms with Crippen molar-refractivity contribution in [1.82, 2.24) is 19.7 Å². The van der Waals surface area contributed by atoms with Crippen LogP contribution in [0.25, 0.3) is 16.9 Å². The number of aromatic nitrogens is 4. The lowest BCUT2D eigenvalue weighted by Gasteiger charge is -2.03. The van der Waals surface area contributed by atoms with Gasteiger partial charge in [0, 0.05) is 17.8 Å². The first kappa shape index (κ1) is 12.7. The Morgan fingerprint density at radius 2 is 1.90 bits per heavy atom. The number of nitrogens with two attached hydrogens (primary N) is 1. The third-order valence-electron chi connectivity index (χ3n) is 2.82. The third kappa shape index (κ3) is 2.50. The van der Waals surface area contributed by atoms with Crippen LogP contribution in [-0.4, -0.2) is 26.0 Å². The minimum absolute atomic E-state index is 0.441. The van der Waals surface area contributed by atoms with Crippen LogP contribution < -0.4 is 5.73 Å². The molecular formula is C14H13N5S. The molecule has 2 N–H and O–H groups in total. The van der Waals surface area contributed by atoms with Crippen molar-refractivity contribution in [2.75, 3.05) is 12.0 Å². The molecule has 0 amide bonds. The number of hydrogen-bond donors (Lipinski definition) is 1. The van der Waals surface area contributed by atoms with Gasteiger partial charge in [-0.25, -0.2) is 14.6 Å². The molecule has 100 valence electrons. The molecule has 1 aromatic carbocycles. The fourth-order valence-electron chi connectivity index (χ4n) is 1.87. The lowest BCUT2D eigenvalue weighted by Crippen LogP contribution is -2.03. The predicted octanol–water partition coefficient (Wildman–Crippen LogP) is 2.63. The van der Waals surface area contributed by atoms with Crippen LogP contribution in [0.15, 0.2) is 53.9 Å². The molecule has 0 saturated carbocycles. The third-order valence-corrected chi connectivity index (χ3v) is 3.37. The van der Waals surface area contributed by atoms with Crippen molar-refractivity contribution in [3.63, 3.8) is 0 Å². The molecule has 20 heavy (non-hydrogen) atoms. The van der Waals surface area contributed by atoms with Gasteiger partial charge in [0.2, 0.25) is 0 Å². The topological polar surface area (TPSA) is 69.6 Å². The summed E-state index contributed by atoms with van der Waals surface area (Å²) < 4.78 is 1.71. The van der Waals surface area contributed by atoms with E-state index in [0.29, 0.717) is 16.8 Å². The normalized spacial score (nSPS) is 10.7. The number of rotatable bonds is 3. The molecule has 0 radical (unpaired) electrons. The van der Waals surface area contributed by atoms with Gasteiger partial charge in [-0.15, -0.1) is 0 Å². The van der Waals surface area contributed by atoms with Gasteiger partial charge < -0.3 is 5.73 Å². The highest BCUT2D eigenvalue weighted by Gasteiger charge is 2.07. The summed E-state index contributed by atoms with van der Waals surface area (Å²) in [4.78, 5) is 8.53. The summed E-state index contributed by atoms with van der Waals surface area (Å²) in [5.74, 6) is 1.11. The minimum Gasteiger partial charge on any atom is -0.383 e. The molecule has 2 heterocycles. The molecule has 5 nitrogen and oxygen atoms in total. The predicted molar refractivity (Wildman–Crippen MR) is 80.8 cm³/mol. The Morgan fingerprint density at radius 1 is 1.10 bits per heavy atom. The second-order valence-corrected chi connectivity index (χ2v) is 4.95. The zero-order valence-electron chi connectivity index (χ0n) is 10.9. The summed E-state index contributed by atoms with van der Waals surface area (Å²) in [7, 11) is 0. The monoisotopic (exact) mass is 283 g/mol. The van der Waals surface area contributed by atoms with Gasteiger partial charge >= 0.3 is 0 Å². The molecule has 0 aliphatic carbocycles. The molecule has 0 aliphatic heterocycles. The van der Waals surface area contributed by atoms with Crippen LogP contribution in [-0.2, 0) is 0 Å². The van der Waals surface area contributed by atoms with Crippen LogP contribution in [0.1, 0.15) is 0 Å². The van der Waals surface area contributed by atoms with Crippen LogP contribution in [0, 0.1) is 0 Å². The van der Waals surface area contributed by atoms with E-state index in [1.54, 1.807) is 10.7 Å². The Balaban J connectivity index is 2.00. The van der Waals surface area contributed by atoms with E-state index in [-0.39, 0.29) is 0 Å². The van der Waals surface area contributed by atoms with Crippen LogP contribution in [0.3, 0.4) is 0 Å². The molecule has 0 spiro atoms. The molecule has 2 aromatic heterocycles. The van der Waals surface area contributed by atoms with Crippen LogP contribution in [0.2, 0.25) is 0 Å². The van der Waals surface area contributed by atoms with Crippen molar-refractivity contribution in [2.45, 2.75) is 5.16 Å². The van der Waals surface area contributed by atoms with E-state index in [1.165, 1.54) is 11.8 Å². The highest BCUT2D eigenvalue weighted by Crippen LogP contribution is 2.20. The average Bonchev–Trinajstić information content (AvgIpc) is 2.97. The molecule has 0 aliphatic rings. The fraction of sp³-hybridized carbons (Fsp3) is 0.0714. The Kier molecular flexibility index (Phi) is 3.39. The summed E-state index contributed by atoms with van der Waals surface area (Å²) in [6.07, 6.45) is 5.66. The highest BCUT2D eigenvalue weighted by atomic mass is 32.2. The number of hydrogen-bond acceptors (Lipinski definition) is 5. The zero-order chi connectivity index (χ0) is 13.9. The van der Waals surface area contributed by atoms with E-state index in [0.717, 1.165) is 11.1 Å². The number of thioether (sulfide) groups is 1. The van der Waals surface area contributed by atoms with Gasteiger partial charge in [-0.3, -0.25) is 0 Å². The number of nitrogen functional groups attached to an aromatic ring is 1. The zero-order valence-corrected chi connectivity index (χ0v) is 11.7. The molecule has 3 aromatic rings. The Bertz CT molecular complexity index is 723. The molecule has 0 bridgehead atoms. The average molecular weight is 283 g/mol. The van der Waals surface area contributed by atoms with Crippen molar-refractivity contribution >= 4 is 17.6 Å². The van der Waals surface area contributed by atoms with Crippen LogP contribution >= 0.6 is 11.8 Å². The smallest absolute Gasteiger partial charge is 0.191 e. The summed E-state index contributed by atoms with van der Waals surface area (Å²) in [5.41, 5.74) is 7.94. The van der Waals surface area contributed by atoms with Crippen molar-refractivity contribution < 1.29 is 0 Å². The van der Waals surface area contributed by atoms with Gasteiger partial charge in [-0.05, 0) is 11.8 Å². The highest BCUT2D eigenvalue weighted by molar-refractivity contribution is 7.98. The van der Waals surface area contributed by atoms with Crippen molar-refractivity contribution in [2.24, 2.45) is 0 Å². The molecule has 0 saturated heterocycles. The van der Waals surface area contributed by atoms with E-state index in [1.807, 2.05) is 49.0 Å². The van der Waals surface area contributed by atoms with Crippen molar-refractivity contribution in [3.8, 4) is 16.9 Å². The Hall–Kier alpha value is -2.34. The van der Waals surface area contributed by atoms with Gasteiger partial charge in [0.1, 0.15) is 5.82 Å². The molecular weight excluding hydrogens is 270 g/mol. The Labute approximate surface area is 120 Å². The summed E-state index contributed by atoms with van der Waals surface area (Å²) in [6.45, 7) is 0. The molecule has 0 atom stereocenters. The SMILES string of the molecule is CSc1nc(N)cc(-n2cc(-c3ccccc3)cn2)n1. The second-order valence-electron chi connectivity index (χ2n) is 4.18. The maximum Gasteiger partial charge on any atom is 0.191 e.